The van der Waals surface area contributed by atoms with E-state index in [-0.39, 0.29) is 64.8 Å². The second kappa shape index (κ2) is 38.2. The second-order valence-electron chi connectivity index (χ2n) is 30.0. The largest absolute Gasteiger partial charge is 0.432 e. The van der Waals surface area contributed by atoms with Crippen molar-refractivity contribution >= 4 is 0 Å². The molecule has 0 amide bonds. The van der Waals surface area contributed by atoms with Gasteiger partial charge in [-0.05, 0) is 176 Å². The summed E-state index contributed by atoms with van der Waals surface area (Å²) in [5, 5.41) is 0. The molecule has 11 aromatic rings. The van der Waals surface area contributed by atoms with E-state index in [1.807, 2.05) is 19.1 Å². The van der Waals surface area contributed by atoms with Gasteiger partial charge in [0.15, 0.2) is 69.8 Å². The van der Waals surface area contributed by atoms with Gasteiger partial charge in [-0.2, -0.15) is 35.1 Å². The molecule has 2 atom stereocenters. The lowest BCUT2D eigenvalue weighted by Gasteiger charge is -2.38. The number of ether oxygens (including phenoxy) is 5. The van der Waals surface area contributed by atoms with Gasteiger partial charge in [-0.25, -0.2) is 83.4 Å². The van der Waals surface area contributed by atoms with E-state index in [0.717, 1.165) is 54.4 Å². The molecule has 14 rings (SSSR count). The number of hydrogen-bond donors (Lipinski definition) is 0. The molecule has 3 fully saturated rings. The van der Waals surface area contributed by atoms with Crippen molar-refractivity contribution in [3.8, 4) is 67.5 Å². The molecule has 652 valence electrons. The van der Waals surface area contributed by atoms with E-state index in [4.69, 9.17) is 4.74 Å². The van der Waals surface area contributed by atoms with Gasteiger partial charge in [0.2, 0.25) is 0 Å². The number of hydrogen-bond acceptors (Lipinski definition) is 5. The van der Waals surface area contributed by atoms with Crippen molar-refractivity contribution in [3.63, 3.8) is 0 Å². The van der Waals surface area contributed by atoms with Crippen LogP contribution in [0.15, 0.2) is 176 Å². The first kappa shape index (κ1) is 92.4. The molecule has 2 unspecified atom stereocenters. The van der Waals surface area contributed by atoms with Gasteiger partial charge in [0, 0.05) is 60.7 Å². The highest BCUT2D eigenvalue weighted by Gasteiger charge is 2.47. The van der Waals surface area contributed by atoms with Crippen LogP contribution in [-0.4, -0.2) is 12.7 Å². The van der Waals surface area contributed by atoms with E-state index >= 15 is 0 Å². The van der Waals surface area contributed by atoms with Crippen LogP contribution >= 0.6 is 0 Å². The van der Waals surface area contributed by atoms with Crippen molar-refractivity contribution in [2.45, 2.75) is 122 Å². The van der Waals surface area contributed by atoms with Crippen molar-refractivity contribution in [3.05, 3.63) is 320 Å². The SMILES string of the molecule is CC1CCC(C2CCC(C(F)(F)Oc3cc(F)c(F)c(F)c3)CC2)CC1.CC1CCC(c2ccc(-c3cc(F)c(C(F)(F)Oc4cc(F)c(F)c(F)c4)c(F)c3)cc2)OC1.Cc1ccc(-c2cc(F)c(C(F)(F)Oc3cc(F)c(F)c(F)c3)c(F)c2)cc1.Cc1ccc(-c2ccc(-c3cc(F)c(C(F)(F)Oc4cc(F)c(F)c(F)c4)c(F)c3)c(F)c2)cc1. The fourth-order valence-electron chi connectivity index (χ4n) is 14.4. The van der Waals surface area contributed by atoms with Gasteiger partial charge in [0.1, 0.15) is 80.4 Å². The molecule has 1 saturated heterocycles. The van der Waals surface area contributed by atoms with Crippen LogP contribution in [0.2, 0.25) is 0 Å². The maximum atomic E-state index is 14.8. The summed E-state index contributed by atoms with van der Waals surface area (Å²) in [4.78, 5) is 0. The maximum absolute atomic E-state index is 14.8. The summed E-state index contributed by atoms with van der Waals surface area (Å²) in [6.45, 7) is 8.67. The first-order valence-electron chi connectivity index (χ1n) is 37.9. The van der Waals surface area contributed by atoms with Gasteiger partial charge in [0.25, 0.3) is 0 Å². The maximum Gasteiger partial charge on any atom is 0.432 e. The van der Waals surface area contributed by atoms with Gasteiger partial charge in [-0.3, -0.25) is 0 Å². The van der Waals surface area contributed by atoms with Crippen molar-refractivity contribution in [1.29, 1.82) is 0 Å². The Balaban J connectivity index is 0.000000161. The molecular weight excluding hydrogens is 1690 g/mol. The molecule has 1 heterocycles. The number of halogens is 27. The van der Waals surface area contributed by atoms with Crippen molar-refractivity contribution < 1.29 is 142 Å². The average molecular weight is 1760 g/mol. The Bertz CT molecular complexity index is 5430. The van der Waals surface area contributed by atoms with Crippen LogP contribution in [0.4, 0.5) is 119 Å². The molecule has 5 nitrogen and oxygen atoms in total. The van der Waals surface area contributed by atoms with Crippen LogP contribution in [0.3, 0.4) is 0 Å². The highest BCUT2D eigenvalue weighted by atomic mass is 19.3. The summed E-state index contributed by atoms with van der Waals surface area (Å²) in [6, 6.07) is 29.6. The fourth-order valence-corrected chi connectivity index (χ4v) is 14.4. The van der Waals surface area contributed by atoms with Gasteiger partial charge in [0.05, 0.1) is 12.0 Å². The predicted octanol–water partition coefficient (Wildman–Crippen LogP) is 29.2. The van der Waals surface area contributed by atoms with Crippen LogP contribution in [0.1, 0.15) is 118 Å². The molecule has 0 N–H and O–H groups in total. The molecule has 3 aliphatic rings. The van der Waals surface area contributed by atoms with Gasteiger partial charge in [-0.1, -0.05) is 123 Å². The minimum Gasteiger partial charge on any atom is -0.432 e. The molecule has 32 heteroatoms. The highest BCUT2D eigenvalue weighted by Crippen LogP contribution is 2.48. The van der Waals surface area contributed by atoms with E-state index in [9.17, 15) is 119 Å². The molecule has 0 radical (unpaired) electrons. The molecule has 0 spiro atoms. The van der Waals surface area contributed by atoms with Gasteiger partial charge >= 0.3 is 24.4 Å². The number of alkyl halides is 8. The lowest BCUT2D eigenvalue weighted by atomic mass is 9.69. The zero-order chi connectivity index (χ0) is 89.6. The van der Waals surface area contributed by atoms with Crippen LogP contribution in [0.5, 0.6) is 23.0 Å². The quantitative estimate of drug-likeness (QED) is 0.0633. The van der Waals surface area contributed by atoms with Crippen LogP contribution in [-0.2, 0) is 23.1 Å². The fraction of sp³-hybridized carbons (Fsp3) is 0.275. The molecule has 0 bridgehead atoms. The minimum atomic E-state index is -4.74. The van der Waals surface area contributed by atoms with E-state index in [2.05, 4.69) is 32.8 Å². The number of rotatable bonds is 18. The third kappa shape index (κ3) is 22.4. The lowest BCUT2D eigenvalue weighted by molar-refractivity contribution is -0.224. The Labute approximate surface area is 685 Å². The van der Waals surface area contributed by atoms with E-state index < -0.39 is 181 Å². The van der Waals surface area contributed by atoms with Gasteiger partial charge in [-0.15, -0.1) is 0 Å². The summed E-state index contributed by atoms with van der Waals surface area (Å²) in [5.74, 6) is -35.1. The van der Waals surface area contributed by atoms with Crippen molar-refractivity contribution in [2.24, 2.45) is 29.6 Å². The lowest BCUT2D eigenvalue weighted by Crippen LogP contribution is -2.38. The number of benzene rings is 11. The van der Waals surface area contributed by atoms with E-state index in [1.54, 1.807) is 67.6 Å². The monoisotopic (exact) mass is 1750 g/mol. The van der Waals surface area contributed by atoms with Gasteiger partial charge < -0.3 is 23.7 Å². The topological polar surface area (TPSA) is 46.2 Å². The highest BCUT2D eigenvalue weighted by molar-refractivity contribution is 5.72. The number of aryl methyl sites for hydroxylation is 2. The molecule has 0 aromatic heterocycles. The first-order chi connectivity index (χ1) is 57.8. The third-order valence-electron chi connectivity index (χ3n) is 21.0. The second-order valence-corrected chi connectivity index (χ2v) is 30.0. The summed E-state index contributed by atoms with van der Waals surface area (Å²) in [6.07, 6.45) is -8.84. The molecule has 123 heavy (non-hydrogen) atoms. The third-order valence-corrected chi connectivity index (χ3v) is 21.0. The van der Waals surface area contributed by atoms with E-state index in [0.29, 0.717) is 108 Å². The zero-order valence-electron chi connectivity index (χ0n) is 64.7. The molecule has 1 aliphatic heterocycles. The molecule has 2 saturated carbocycles. The molecule has 2 aliphatic carbocycles. The Morgan fingerprint density at radius 1 is 0.268 bits per heavy atom. The zero-order valence-corrected chi connectivity index (χ0v) is 64.7. The van der Waals surface area contributed by atoms with E-state index in [1.165, 1.54) is 37.8 Å². The summed E-state index contributed by atoms with van der Waals surface area (Å²) >= 11 is 0. The van der Waals surface area contributed by atoms with Crippen LogP contribution in [0, 0.1) is 154 Å². The van der Waals surface area contributed by atoms with Crippen molar-refractivity contribution in [2.75, 3.05) is 6.61 Å². The summed E-state index contributed by atoms with van der Waals surface area (Å²) < 4.78 is 398. The standard InChI is InChI=1S/C26H14F8O.C25H19F7O2.C20H11F7O.C20H25F5O/c1-13-2-4-14(5-3-13)15-6-7-18(19(27)8-15)16-9-20(28)24(21(29)10-16)26(33,34)35-17-11-22(30)25(32)23(31)12-17;1-13-2-7-22(33-12-13)15-5-3-14(4-6-15)16-8-18(26)23(19(27)9-16)25(31,32)34-17-10-20(28)24(30)21(29)11-17;1-10-2-4-11(5-3-10)12-6-14(21)18(15(22)7-12)20(26,27)28-13-8-16(23)19(25)17(24)9-13;1-12-2-4-13(5-3-12)14-6-8-15(9-7-14)20(24,25)26-16-10-17(21)19(23)18(22)11-16/h2-12H,1H3;3-6,8-11,13,22H,2,7,12H2,1H3;2-9H,1H3;10-15H,2-9H2,1H3. The normalized spacial score (nSPS) is 17.5. The molecule has 11 aromatic carbocycles. The Morgan fingerprint density at radius 2 is 0.545 bits per heavy atom. The molecular formula is C91H69F27O5. The van der Waals surface area contributed by atoms with Crippen LogP contribution in [0.25, 0.3) is 44.5 Å². The average Bonchev–Trinajstić information content (AvgIpc) is 0.776. The minimum absolute atomic E-state index is 0.00171. The first-order valence-corrected chi connectivity index (χ1v) is 37.9. The smallest absolute Gasteiger partial charge is 0.432 e. The Morgan fingerprint density at radius 3 is 0.862 bits per heavy atom. The Hall–Kier alpha value is -11.3. The predicted molar refractivity (Wildman–Crippen MR) is 398 cm³/mol. The van der Waals surface area contributed by atoms with Crippen molar-refractivity contribution in [1.82, 2.24) is 0 Å². The van der Waals surface area contributed by atoms with Crippen LogP contribution < -0.4 is 18.9 Å². The Kier molecular flexibility index (Phi) is 28.7. The summed E-state index contributed by atoms with van der Waals surface area (Å²) in [5.41, 5.74) is -1.25. The summed E-state index contributed by atoms with van der Waals surface area (Å²) in [7, 11) is 0.